The molecule has 2 fully saturated rings. The number of aliphatic hydroxyl groups is 1. The maximum absolute atomic E-state index is 11.6. The van der Waals surface area contributed by atoms with Crippen LogP contribution in [-0.2, 0) is 35.9 Å². The smallest absolute Gasteiger partial charge is 0.225 e. The van der Waals surface area contributed by atoms with E-state index in [-0.39, 0.29) is 6.61 Å². The molecule has 0 radical (unpaired) electrons. The van der Waals surface area contributed by atoms with Crippen molar-refractivity contribution in [3.8, 4) is 5.75 Å². The molecule has 4 rings (SSSR count). The van der Waals surface area contributed by atoms with Crippen LogP contribution >= 0.6 is 11.6 Å². The summed E-state index contributed by atoms with van der Waals surface area (Å²) in [7, 11) is 0. The molecule has 1 unspecified atom stereocenters. The van der Waals surface area contributed by atoms with Gasteiger partial charge in [0.2, 0.25) is 5.79 Å². The average Bonchev–Trinajstić information content (AvgIpc) is 3.40. The van der Waals surface area contributed by atoms with Gasteiger partial charge in [-0.1, -0.05) is 76.8 Å². The van der Waals surface area contributed by atoms with E-state index in [1.54, 1.807) is 0 Å². The van der Waals surface area contributed by atoms with Crippen LogP contribution < -0.4 is 4.74 Å². The molecular formula is C36H53ClO7. The zero-order chi connectivity index (χ0) is 31.6. The second-order valence-electron chi connectivity index (χ2n) is 12.0. The third-order valence-corrected chi connectivity index (χ3v) is 9.10. The Morgan fingerprint density at radius 2 is 1.50 bits per heavy atom. The van der Waals surface area contributed by atoms with Crippen LogP contribution in [0.15, 0.2) is 42.5 Å². The number of unbranched alkanes of at least 4 members (excludes halogenated alkanes) is 3. The highest BCUT2D eigenvalue weighted by Gasteiger charge is 2.71. The fourth-order valence-electron chi connectivity index (χ4n) is 6.21. The molecule has 6 atom stereocenters. The largest absolute Gasteiger partial charge is 0.494 e. The third kappa shape index (κ3) is 7.63. The van der Waals surface area contributed by atoms with Crippen molar-refractivity contribution in [3.05, 3.63) is 64.2 Å². The minimum Gasteiger partial charge on any atom is -0.494 e. The third-order valence-electron chi connectivity index (χ3n) is 8.73. The van der Waals surface area contributed by atoms with Crippen LogP contribution in [0, 0.1) is 0 Å². The van der Waals surface area contributed by atoms with Crippen molar-refractivity contribution >= 4 is 11.6 Å². The second kappa shape index (κ2) is 16.7. The van der Waals surface area contributed by atoms with Gasteiger partial charge in [0.05, 0.1) is 19.3 Å². The van der Waals surface area contributed by atoms with Gasteiger partial charge < -0.3 is 33.5 Å². The number of benzene rings is 2. The lowest BCUT2D eigenvalue weighted by atomic mass is 9.79. The number of hydrogen-bond donors (Lipinski definition) is 1. The Morgan fingerprint density at radius 3 is 2.11 bits per heavy atom. The predicted octanol–water partition coefficient (Wildman–Crippen LogP) is 7.61. The zero-order valence-electron chi connectivity index (χ0n) is 27.3. The van der Waals surface area contributed by atoms with E-state index in [2.05, 4.69) is 39.0 Å². The van der Waals surface area contributed by atoms with E-state index in [9.17, 15) is 5.11 Å². The minimum atomic E-state index is -1.30. The Bertz CT molecular complexity index is 1140. The molecule has 2 aliphatic heterocycles. The standard InChI is InChI=1S/C36H53ClO7/c1-6-11-20-40-32-33(41-21-12-7-2)35(31(38)9-4)25-43-36(44-35,34(32)42-22-13-8-3)28-16-19-30(37)27(24-28)23-26-14-17-29(18-15-26)39-10-5/h14-19,24,31-34,38H,6-13,20-23,25H2,1-5H3/t31?,32-,33-,34+,35+,36-/m0/s1. The summed E-state index contributed by atoms with van der Waals surface area (Å²) >= 11 is 6.79. The molecule has 44 heavy (non-hydrogen) atoms. The summed E-state index contributed by atoms with van der Waals surface area (Å²) in [5.41, 5.74) is 1.74. The normalized spacial score (nSPS) is 27.0. The van der Waals surface area contributed by atoms with E-state index < -0.39 is 35.8 Å². The SMILES string of the molecule is CCCCO[C@@H]1[C@@H](OCCCC)[C@@]2(c3ccc(Cl)c(Cc4ccc(OCC)cc4)c3)OC[C@](C(O)CC)(O2)[C@H]1OCCCC. The summed E-state index contributed by atoms with van der Waals surface area (Å²) in [4.78, 5) is 0. The second-order valence-corrected chi connectivity index (χ2v) is 12.4. The van der Waals surface area contributed by atoms with Crippen molar-refractivity contribution in [1.29, 1.82) is 0 Å². The Hall–Kier alpha value is -1.71. The summed E-state index contributed by atoms with van der Waals surface area (Å²) < 4.78 is 39.4. The molecule has 1 N–H and O–H groups in total. The monoisotopic (exact) mass is 632 g/mol. The van der Waals surface area contributed by atoms with Crippen molar-refractivity contribution in [1.82, 2.24) is 0 Å². The lowest BCUT2D eigenvalue weighted by molar-refractivity contribution is -0.356. The molecule has 0 aromatic heterocycles. The topological polar surface area (TPSA) is 75.6 Å². The molecule has 7 nitrogen and oxygen atoms in total. The van der Waals surface area contributed by atoms with Crippen LogP contribution in [0.2, 0.25) is 5.02 Å². The summed E-state index contributed by atoms with van der Waals surface area (Å²) in [6, 6.07) is 14.0. The maximum atomic E-state index is 11.6. The summed E-state index contributed by atoms with van der Waals surface area (Å²) in [6.45, 7) is 12.8. The van der Waals surface area contributed by atoms with Crippen molar-refractivity contribution in [2.24, 2.45) is 0 Å². The van der Waals surface area contributed by atoms with Crippen LogP contribution in [-0.4, -0.2) is 68.2 Å². The summed E-state index contributed by atoms with van der Waals surface area (Å²) in [5.74, 6) is -0.462. The molecule has 0 aliphatic carbocycles. The highest BCUT2D eigenvalue weighted by molar-refractivity contribution is 6.31. The molecule has 0 amide bonds. The molecule has 2 aromatic rings. The summed E-state index contributed by atoms with van der Waals surface area (Å²) in [6.07, 6.45) is 4.31. The first-order valence-electron chi connectivity index (χ1n) is 16.8. The number of hydrogen-bond acceptors (Lipinski definition) is 7. The number of aliphatic hydroxyl groups excluding tert-OH is 1. The fraction of sp³-hybridized carbons (Fsp3) is 0.667. The average molecular weight is 633 g/mol. The molecular weight excluding hydrogens is 580 g/mol. The van der Waals surface area contributed by atoms with E-state index >= 15 is 0 Å². The first-order valence-corrected chi connectivity index (χ1v) is 17.1. The molecule has 0 spiro atoms. The van der Waals surface area contributed by atoms with Crippen molar-refractivity contribution in [2.45, 2.75) is 122 Å². The van der Waals surface area contributed by atoms with Gasteiger partial charge in [0.25, 0.3) is 0 Å². The molecule has 2 aliphatic rings. The van der Waals surface area contributed by atoms with Crippen molar-refractivity contribution < 1.29 is 33.5 Å². The highest BCUT2D eigenvalue weighted by atomic mass is 35.5. The zero-order valence-corrected chi connectivity index (χ0v) is 28.1. The lowest BCUT2D eigenvalue weighted by Gasteiger charge is -2.52. The highest BCUT2D eigenvalue weighted by Crippen LogP contribution is 2.54. The predicted molar refractivity (Wildman–Crippen MR) is 174 cm³/mol. The molecule has 2 aromatic carbocycles. The number of rotatable bonds is 19. The van der Waals surface area contributed by atoms with Crippen LogP contribution in [0.5, 0.6) is 5.75 Å². The van der Waals surface area contributed by atoms with Gasteiger partial charge in [0.1, 0.15) is 29.7 Å². The minimum absolute atomic E-state index is 0.164. The molecule has 2 heterocycles. The van der Waals surface area contributed by atoms with Gasteiger partial charge in [0, 0.05) is 30.4 Å². The molecule has 246 valence electrons. The van der Waals surface area contributed by atoms with Gasteiger partial charge in [-0.15, -0.1) is 0 Å². The first-order chi connectivity index (χ1) is 21.4. The van der Waals surface area contributed by atoms with Gasteiger partial charge in [0.15, 0.2) is 0 Å². The van der Waals surface area contributed by atoms with Crippen LogP contribution in [0.1, 0.15) is 96.3 Å². The number of halogens is 1. The lowest BCUT2D eigenvalue weighted by Crippen LogP contribution is -2.69. The Labute approximate surface area is 269 Å². The van der Waals surface area contributed by atoms with E-state index in [0.717, 1.165) is 61.0 Å². The molecule has 0 saturated carbocycles. The van der Waals surface area contributed by atoms with Crippen LogP contribution in [0.25, 0.3) is 0 Å². The van der Waals surface area contributed by atoms with Crippen molar-refractivity contribution in [2.75, 3.05) is 33.0 Å². The van der Waals surface area contributed by atoms with Crippen LogP contribution in [0.4, 0.5) is 0 Å². The Balaban J connectivity index is 1.78. The molecule has 2 saturated heterocycles. The van der Waals surface area contributed by atoms with E-state index in [4.69, 9.17) is 40.0 Å². The van der Waals surface area contributed by atoms with Gasteiger partial charge in [-0.05, 0) is 74.4 Å². The number of fused-ring (bicyclic) bond motifs is 2. The fourth-order valence-corrected chi connectivity index (χ4v) is 6.39. The maximum Gasteiger partial charge on any atom is 0.225 e. The number of ether oxygens (including phenoxy) is 6. The Morgan fingerprint density at radius 1 is 0.864 bits per heavy atom. The molecule has 2 bridgehead atoms. The van der Waals surface area contributed by atoms with E-state index in [0.29, 0.717) is 44.3 Å². The quantitative estimate of drug-likeness (QED) is 0.160. The van der Waals surface area contributed by atoms with E-state index in [1.165, 1.54) is 0 Å². The summed E-state index contributed by atoms with van der Waals surface area (Å²) in [5, 5.41) is 12.2. The van der Waals surface area contributed by atoms with Gasteiger partial charge >= 0.3 is 0 Å². The van der Waals surface area contributed by atoms with Crippen molar-refractivity contribution in [3.63, 3.8) is 0 Å². The van der Waals surface area contributed by atoms with E-state index in [1.807, 2.05) is 38.1 Å². The van der Waals surface area contributed by atoms with Gasteiger partial charge in [-0.2, -0.15) is 0 Å². The van der Waals surface area contributed by atoms with Crippen LogP contribution in [0.3, 0.4) is 0 Å². The van der Waals surface area contributed by atoms with Gasteiger partial charge in [-0.3, -0.25) is 0 Å². The Kier molecular flexibility index (Phi) is 13.4. The first kappa shape index (κ1) is 35.1. The molecule has 8 heteroatoms. The van der Waals surface area contributed by atoms with Gasteiger partial charge in [-0.25, -0.2) is 0 Å².